The van der Waals surface area contributed by atoms with Crippen molar-refractivity contribution < 1.29 is 4.74 Å². The summed E-state index contributed by atoms with van der Waals surface area (Å²) in [6.45, 7) is 15.0. The second-order valence-electron chi connectivity index (χ2n) is 7.00. The first-order valence-corrected chi connectivity index (χ1v) is 7.84. The smallest absolute Gasteiger partial charge is 0.144 e. The predicted molar refractivity (Wildman–Crippen MR) is 90.2 cm³/mol. The van der Waals surface area contributed by atoms with E-state index in [2.05, 4.69) is 36.6 Å². The Balaban J connectivity index is 2.10. The first kappa shape index (κ1) is 16.0. The van der Waals surface area contributed by atoms with Crippen LogP contribution in [-0.4, -0.2) is 42.7 Å². The minimum atomic E-state index is 0.139. The van der Waals surface area contributed by atoms with Crippen LogP contribution in [0.2, 0.25) is 0 Å². The molecule has 2 N–H and O–H groups in total. The number of benzene rings is 1. The Bertz CT molecular complexity index is 471. The molecule has 21 heavy (non-hydrogen) atoms. The lowest BCUT2D eigenvalue weighted by Gasteiger charge is -2.43. The van der Waals surface area contributed by atoms with E-state index >= 15 is 0 Å². The molecule has 0 bridgehead atoms. The molecular formula is C17H29N3O. The average Bonchev–Trinajstić information content (AvgIpc) is 2.40. The van der Waals surface area contributed by atoms with Gasteiger partial charge >= 0.3 is 0 Å². The second-order valence-corrected chi connectivity index (χ2v) is 7.00. The molecule has 1 aliphatic heterocycles. The summed E-state index contributed by atoms with van der Waals surface area (Å²) in [6.07, 6.45) is 0.139. The van der Waals surface area contributed by atoms with Crippen molar-refractivity contribution >= 4 is 11.4 Å². The predicted octanol–water partition coefficient (Wildman–Crippen LogP) is 2.98. The molecule has 4 heteroatoms. The minimum absolute atomic E-state index is 0.139. The highest BCUT2D eigenvalue weighted by Gasteiger charge is 2.26. The van der Waals surface area contributed by atoms with Gasteiger partial charge in [-0.15, -0.1) is 0 Å². The third kappa shape index (κ3) is 3.82. The van der Waals surface area contributed by atoms with Gasteiger partial charge in [0, 0.05) is 31.7 Å². The van der Waals surface area contributed by atoms with Crippen molar-refractivity contribution in [2.45, 2.75) is 46.3 Å². The van der Waals surface area contributed by atoms with Crippen LogP contribution in [0.4, 0.5) is 11.4 Å². The zero-order valence-corrected chi connectivity index (χ0v) is 14.0. The van der Waals surface area contributed by atoms with Crippen LogP contribution >= 0.6 is 0 Å². The van der Waals surface area contributed by atoms with Gasteiger partial charge in [0.1, 0.15) is 5.75 Å². The topological polar surface area (TPSA) is 41.7 Å². The molecule has 1 heterocycles. The summed E-state index contributed by atoms with van der Waals surface area (Å²) in [5.41, 5.74) is 8.40. The lowest BCUT2D eigenvalue weighted by atomic mass is 10.0. The minimum Gasteiger partial charge on any atom is -0.489 e. The molecule has 0 spiro atoms. The van der Waals surface area contributed by atoms with Crippen LogP contribution in [-0.2, 0) is 0 Å². The van der Waals surface area contributed by atoms with E-state index in [-0.39, 0.29) is 11.6 Å². The van der Waals surface area contributed by atoms with E-state index < -0.39 is 0 Å². The van der Waals surface area contributed by atoms with Crippen LogP contribution in [0.5, 0.6) is 5.75 Å². The summed E-state index contributed by atoms with van der Waals surface area (Å²) in [5, 5.41) is 0. The molecule has 1 aromatic carbocycles. The highest BCUT2D eigenvalue weighted by Crippen LogP contribution is 2.33. The Hall–Kier alpha value is -1.42. The van der Waals surface area contributed by atoms with E-state index in [9.17, 15) is 0 Å². The number of anilines is 2. The quantitative estimate of drug-likeness (QED) is 0.869. The molecule has 0 atom stereocenters. The van der Waals surface area contributed by atoms with Crippen molar-refractivity contribution in [1.82, 2.24) is 4.90 Å². The number of rotatable bonds is 3. The summed E-state index contributed by atoms with van der Waals surface area (Å²) in [6, 6.07) is 6.07. The molecule has 0 amide bonds. The molecule has 0 radical (unpaired) electrons. The zero-order chi connectivity index (χ0) is 15.6. The van der Waals surface area contributed by atoms with Crippen molar-refractivity contribution in [3.8, 4) is 5.75 Å². The summed E-state index contributed by atoms with van der Waals surface area (Å²) in [7, 11) is 0. The van der Waals surface area contributed by atoms with Crippen molar-refractivity contribution in [1.29, 1.82) is 0 Å². The number of hydrogen-bond acceptors (Lipinski definition) is 4. The van der Waals surface area contributed by atoms with Crippen LogP contribution in [0.3, 0.4) is 0 Å². The van der Waals surface area contributed by atoms with Gasteiger partial charge in [-0.2, -0.15) is 0 Å². The molecule has 0 unspecified atom stereocenters. The molecule has 2 rings (SSSR count). The van der Waals surface area contributed by atoms with Gasteiger partial charge in [0.2, 0.25) is 0 Å². The van der Waals surface area contributed by atoms with Crippen LogP contribution < -0.4 is 15.4 Å². The van der Waals surface area contributed by atoms with E-state index in [0.29, 0.717) is 0 Å². The molecule has 0 aliphatic carbocycles. The first-order chi connectivity index (χ1) is 9.79. The van der Waals surface area contributed by atoms with E-state index in [1.165, 1.54) is 0 Å². The number of nitrogen functional groups attached to an aromatic ring is 1. The van der Waals surface area contributed by atoms with Gasteiger partial charge in [0.25, 0.3) is 0 Å². The fourth-order valence-corrected chi connectivity index (χ4v) is 2.78. The molecular weight excluding hydrogens is 262 g/mol. The van der Waals surface area contributed by atoms with Gasteiger partial charge < -0.3 is 15.4 Å². The zero-order valence-electron chi connectivity index (χ0n) is 14.0. The molecule has 4 nitrogen and oxygen atoms in total. The van der Waals surface area contributed by atoms with Crippen molar-refractivity contribution in [3.63, 3.8) is 0 Å². The standard InChI is InChI=1S/C17H29N3O/c1-13(2)21-15-8-6-7-14(16(15)18)19-9-11-20(12-10-19)17(3,4)5/h6-8,13H,9-12,18H2,1-5H3. The monoisotopic (exact) mass is 291 g/mol. The molecule has 1 saturated heterocycles. The molecule has 0 aromatic heterocycles. The van der Waals surface area contributed by atoms with E-state index in [1.54, 1.807) is 0 Å². The lowest BCUT2D eigenvalue weighted by Crippen LogP contribution is -2.53. The maximum atomic E-state index is 6.30. The Morgan fingerprint density at radius 3 is 2.24 bits per heavy atom. The maximum Gasteiger partial charge on any atom is 0.144 e. The number of para-hydroxylation sites is 1. The highest BCUT2D eigenvalue weighted by molar-refractivity contribution is 5.74. The van der Waals surface area contributed by atoms with Gasteiger partial charge in [-0.3, -0.25) is 4.90 Å². The van der Waals surface area contributed by atoms with Crippen molar-refractivity contribution in [2.24, 2.45) is 0 Å². The van der Waals surface area contributed by atoms with Gasteiger partial charge in [-0.1, -0.05) is 6.07 Å². The maximum absolute atomic E-state index is 6.30. The fourth-order valence-electron chi connectivity index (χ4n) is 2.78. The Morgan fingerprint density at radius 1 is 1.10 bits per heavy atom. The van der Waals surface area contributed by atoms with E-state index in [4.69, 9.17) is 10.5 Å². The SMILES string of the molecule is CC(C)Oc1cccc(N2CCN(C(C)(C)C)CC2)c1N. The third-order valence-electron chi connectivity index (χ3n) is 3.97. The number of piperazine rings is 1. The van der Waals surface area contributed by atoms with Gasteiger partial charge in [-0.05, 0) is 46.8 Å². The normalized spacial score (nSPS) is 17.3. The Kier molecular flexibility index (Phi) is 4.67. The molecule has 118 valence electrons. The highest BCUT2D eigenvalue weighted by atomic mass is 16.5. The first-order valence-electron chi connectivity index (χ1n) is 7.84. The van der Waals surface area contributed by atoms with Gasteiger partial charge in [0.15, 0.2) is 0 Å². The fraction of sp³-hybridized carbons (Fsp3) is 0.647. The molecule has 1 aliphatic rings. The van der Waals surface area contributed by atoms with E-state index in [0.717, 1.165) is 43.3 Å². The van der Waals surface area contributed by atoms with Crippen molar-refractivity contribution in [2.75, 3.05) is 36.8 Å². The summed E-state index contributed by atoms with van der Waals surface area (Å²) < 4.78 is 5.79. The van der Waals surface area contributed by atoms with Crippen molar-refractivity contribution in [3.05, 3.63) is 18.2 Å². The summed E-state index contributed by atoms with van der Waals surface area (Å²) in [4.78, 5) is 4.89. The molecule has 1 aromatic rings. The van der Waals surface area contributed by atoms with Crippen LogP contribution in [0.25, 0.3) is 0 Å². The Morgan fingerprint density at radius 2 is 1.71 bits per heavy atom. The number of hydrogen-bond donors (Lipinski definition) is 1. The van der Waals surface area contributed by atoms with Crippen LogP contribution in [0.15, 0.2) is 18.2 Å². The number of nitrogens with two attached hydrogens (primary N) is 1. The number of nitrogens with zero attached hydrogens (tertiary/aromatic N) is 2. The lowest BCUT2D eigenvalue weighted by molar-refractivity contribution is 0.128. The largest absolute Gasteiger partial charge is 0.489 e. The summed E-state index contributed by atoms with van der Waals surface area (Å²) in [5.74, 6) is 0.792. The number of ether oxygens (including phenoxy) is 1. The van der Waals surface area contributed by atoms with E-state index in [1.807, 2.05) is 26.0 Å². The van der Waals surface area contributed by atoms with Gasteiger partial charge in [0.05, 0.1) is 17.5 Å². The van der Waals surface area contributed by atoms with Crippen LogP contribution in [0.1, 0.15) is 34.6 Å². The Labute approximate surface area is 128 Å². The molecule has 1 fully saturated rings. The summed E-state index contributed by atoms with van der Waals surface area (Å²) >= 11 is 0. The molecule has 0 saturated carbocycles. The average molecular weight is 291 g/mol. The van der Waals surface area contributed by atoms with Gasteiger partial charge in [-0.25, -0.2) is 0 Å². The van der Waals surface area contributed by atoms with Crippen LogP contribution in [0, 0.1) is 0 Å². The second kappa shape index (κ2) is 6.14. The third-order valence-corrected chi connectivity index (χ3v) is 3.97.